The van der Waals surface area contributed by atoms with Crippen molar-refractivity contribution in [2.24, 2.45) is 0 Å². The van der Waals surface area contributed by atoms with E-state index in [1.807, 2.05) is 24.4 Å². The lowest BCUT2D eigenvalue weighted by molar-refractivity contribution is 0.235. The van der Waals surface area contributed by atoms with Crippen LogP contribution in [0.25, 0.3) is 0 Å². The summed E-state index contributed by atoms with van der Waals surface area (Å²) < 4.78 is 19.9. The van der Waals surface area contributed by atoms with Gasteiger partial charge in [0.25, 0.3) is 0 Å². The van der Waals surface area contributed by atoms with E-state index in [1.54, 1.807) is 12.1 Å². The second kappa shape index (κ2) is 8.98. The van der Waals surface area contributed by atoms with Gasteiger partial charge in [-0.3, -0.25) is 9.88 Å². The molecular weight excluding hydrogens is 393 g/mol. The highest BCUT2D eigenvalue weighted by Gasteiger charge is 2.26. The third-order valence-corrected chi connectivity index (χ3v) is 5.85. The van der Waals surface area contributed by atoms with E-state index in [9.17, 15) is 4.39 Å². The van der Waals surface area contributed by atoms with Gasteiger partial charge in [-0.25, -0.2) is 9.37 Å². The standard InChI is InChI=1S/C24H26FN5O/c25-18-7-6-9-20(15-18)31-23-21-17-29(16-19-8-2-3-11-26-19)14-10-22(21)27-24(28-23)30-12-4-1-5-13-30/h2-3,6-9,11,15H,1,4-5,10,12-14,16-17H2. The third kappa shape index (κ3) is 4.66. The number of nitrogens with zero attached hydrogens (tertiary/aromatic N) is 5. The third-order valence-electron chi connectivity index (χ3n) is 5.85. The van der Waals surface area contributed by atoms with Crippen LogP contribution in [0.2, 0.25) is 0 Å². The quantitative estimate of drug-likeness (QED) is 0.613. The van der Waals surface area contributed by atoms with E-state index in [1.165, 1.54) is 18.6 Å². The fraction of sp³-hybridized carbons (Fsp3) is 0.375. The van der Waals surface area contributed by atoms with Gasteiger partial charge in [-0.05, 0) is 43.5 Å². The highest BCUT2D eigenvalue weighted by Crippen LogP contribution is 2.32. The maximum Gasteiger partial charge on any atom is 0.228 e. The van der Waals surface area contributed by atoms with Gasteiger partial charge in [0.05, 0.1) is 17.0 Å². The van der Waals surface area contributed by atoms with Crippen LogP contribution in [0.4, 0.5) is 10.3 Å². The summed E-state index contributed by atoms with van der Waals surface area (Å²) in [7, 11) is 0. The second-order valence-corrected chi connectivity index (χ2v) is 8.14. The van der Waals surface area contributed by atoms with Crippen molar-refractivity contribution in [1.29, 1.82) is 0 Å². The molecule has 0 N–H and O–H groups in total. The van der Waals surface area contributed by atoms with E-state index in [0.717, 1.165) is 68.3 Å². The van der Waals surface area contributed by atoms with Crippen LogP contribution in [0.1, 0.15) is 36.2 Å². The van der Waals surface area contributed by atoms with Gasteiger partial charge in [-0.1, -0.05) is 12.1 Å². The zero-order valence-corrected chi connectivity index (χ0v) is 17.5. The molecule has 0 amide bonds. The largest absolute Gasteiger partial charge is 0.438 e. The van der Waals surface area contributed by atoms with Gasteiger partial charge in [0.15, 0.2) is 0 Å². The summed E-state index contributed by atoms with van der Waals surface area (Å²) in [6, 6.07) is 12.2. The molecule has 5 rings (SSSR count). The molecule has 4 heterocycles. The molecule has 7 heteroatoms. The predicted octanol–water partition coefficient (Wildman–Crippen LogP) is 4.35. The van der Waals surface area contributed by atoms with Crippen LogP contribution in [-0.4, -0.2) is 39.5 Å². The maximum atomic E-state index is 13.7. The fourth-order valence-corrected chi connectivity index (χ4v) is 4.24. The first-order valence-electron chi connectivity index (χ1n) is 10.9. The topological polar surface area (TPSA) is 54.4 Å². The molecule has 0 atom stereocenters. The summed E-state index contributed by atoms with van der Waals surface area (Å²) in [4.78, 5) is 18.7. The van der Waals surface area contributed by atoms with Crippen LogP contribution in [-0.2, 0) is 19.5 Å². The highest BCUT2D eigenvalue weighted by atomic mass is 19.1. The minimum Gasteiger partial charge on any atom is -0.438 e. The van der Waals surface area contributed by atoms with Crippen molar-refractivity contribution in [1.82, 2.24) is 19.9 Å². The molecule has 0 spiro atoms. The van der Waals surface area contributed by atoms with Crippen LogP contribution >= 0.6 is 0 Å². The molecular formula is C24H26FN5O. The molecule has 1 fully saturated rings. The van der Waals surface area contributed by atoms with Gasteiger partial charge in [0.2, 0.25) is 11.8 Å². The van der Waals surface area contributed by atoms with Gasteiger partial charge in [0.1, 0.15) is 11.6 Å². The smallest absolute Gasteiger partial charge is 0.228 e. The Morgan fingerprint density at radius 2 is 1.87 bits per heavy atom. The van der Waals surface area contributed by atoms with E-state index in [4.69, 9.17) is 14.7 Å². The van der Waals surface area contributed by atoms with Gasteiger partial charge < -0.3 is 9.64 Å². The first-order valence-corrected chi connectivity index (χ1v) is 10.9. The van der Waals surface area contributed by atoms with Crippen molar-refractivity contribution >= 4 is 5.95 Å². The minimum atomic E-state index is -0.326. The van der Waals surface area contributed by atoms with Gasteiger partial charge in [-0.15, -0.1) is 0 Å². The normalized spacial score (nSPS) is 16.7. The Bertz CT molecular complexity index is 1040. The molecule has 0 saturated carbocycles. The number of aromatic nitrogens is 3. The zero-order valence-electron chi connectivity index (χ0n) is 17.5. The van der Waals surface area contributed by atoms with Crippen molar-refractivity contribution < 1.29 is 9.13 Å². The molecule has 0 unspecified atom stereocenters. The summed E-state index contributed by atoms with van der Waals surface area (Å²) in [5.74, 6) is 1.38. The maximum absolute atomic E-state index is 13.7. The van der Waals surface area contributed by atoms with Crippen molar-refractivity contribution in [2.45, 2.75) is 38.8 Å². The number of hydrogen-bond acceptors (Lipinski definition) is 6. The summed E-state index contributed by atoms with van der Waals surface area (Å²) >= 11 is 0. The molecule has 6 nitrogen and oxygen atoms in total. The molecule has 1 aromatic carbocycles. The SMILES string of the molecule is Fc1cccc(Oc2nc(N3CCCCC3)nc3c2CN(Cc2ccccn2)CC3)c1. The van der Waals surface area contributed by atoms with Crippen molar-refractivity contribution in [2.75, 3.05) is 24.5 Å². The monoisotopic (exact) mass is 419 g/mol. The molecule has 2 aliphatic heterocycles. The average molecular weight is 420 g/mol. The number of hydrogen-bond donors (Lipinski definition) is 0. The molecule has 1 saturated heterocycles. The van der Waals surface area contributed by atoms with Crippen LogP contribution in [0.15, 0.2) is 48.7 Å². The molecule has 2 aromatic heterocycles. The average Bonchev–Trinajstić information content (AvgIpc) is 2.80. The molecule has 160 valence electrons. The van der Waals surface area contributed by atoms with Crippen molar-refractivity contribution in [3.63, 3.8) is 0 Å². The number of anilines is 1. The number of pyridine rings is 1. The Labute approximate surface area is 181 Å². The van der Waals surface area contributed by atoms with E-state index >= 15 is 0 Å². The first kappa shape index (κ1) is 19.9. The van der Waals surface area contributed by atoms with Gasteiger partial charge in [0, 0.05) is 51.4 Å². The fourth-order valence-electron chi connectivity index (χ4n) is 4.24. The zero-order chi connectivity index (χ0) is 21.0. The Morgan fingerprint density at radius 1 is 0.968 bits per heavy atom. The predicted molar refractivity (Wildman–Crippen MR) is 117 cm³/mol. The van der Waals surface area contributed by atoms with Crippen LogP contribution < -0.4 is 9.64 Å². The lowest BCUT2D eigenvalue weighted by atomic mass is 10.1. The Morgan fingerprint density at radius 3 is 2.68 bits per heavy atom. The number of halogens is 1. The van der Waals surface area contributed by atoms with Crippen molar-refractivity contribution in [3.8, 4) is 11.6 Å². The second-order valence-electron chi connectivity index (χ2n) is 8.14. The van der Waals surface area contributed by atoms with E-state index in [2.05, 4.69) is 14.8 Å². The van der Waals surface area contributed by atoms with Gasteiger partial charge >= 0.3 is 0 Å². The number of piperidine rings is 1. The Balaban J connectivity index is 1.46. The molecule has 2 aliphatic rings. The van der Waals surface area contributed by atoms with Gasteiger partial charge in [-0.2, -0.15) is 4.98 Å². The summed E-state index contributed by atoms with van der Waals surface area (Å²) in [5.41, 5.74) is 3.04. The van der Waals surface area contributed by atoms with Crippen LogP contribution in [0, 0.1) is 5.82 Å². The molecule has 31 heavy (non-hydrogen) atoms. The van der Waals surface area contributed by atoms with Crippen LogP contribution in [0.5, 0.6) is 11.6 Å². The number of benzene rings is 1. The first-order chi connectivity index (χ1) is 15.2. The molecule has 0 aliphatic carbocycles. The van der Waals surface area contributed by atoms with E-state index in [-0.39, 0.29) is 5.82 Å². The summed E-state index contributed by atoms with van der Waals surface area (Å²) in [6.07, 6.45) is 6.19. The van der Waals surface area contributed by atoms with E-state index < -0.39 is 0 Å². The minimum absolute atomic E-state index is 0.326. The number of ether oxygens (including phenoxy) is 1. The van der Waals surface area contributed by atoms with Crippen molar-refractivity contribution in [3.05, 3.63) is 71.4 Å². The lowest BCUT2D eigenvalue weighted by Gasteiger charge is -2.31. The molecule has 3 aromatic rings. The lowest BCUT2D eigenvalue weighted by Crippen LogP contribution is -2.34. The van der Waals surface area contributed by atoms with Crippen LogP contribution in [0.3, 0.4) is 0 Å². The molecule has 0 bridgehead atoms. The van der Waals surface area contributed by atoms with E-state index in [0.29, 0.717) is 18.2 Å². The molecule has 0 radical (unpaired) electrons. The number of rotatable bonds is 5. The Kier molecular flexibility index (Phi) is 5.76. The number of fused-ring (bicyclic) bond motifs is 1. The summed E-state index contributed by atoms with van der Waals surface area (Å²) in [5, 5.41) is 0. The summed E-state index contributed by atoms with van der Waals surface area (Å²) in [6.45, 7) is 4.26. The highest BCUT2D eigenvalue weighted by molar-refractivity contribution is 5.43. The Hall–Kier alpha value is -3.06.